The Balaban J connectivity index is 1.58. The first-order chi connectivity index (χ1) is 14.9. The summed E-state index contributed by atoms with van der Waals surface area (Å²) < 4.78 is 8.28. The van der Waals surface area contributed by atoms with Gasteiger partial charge in [0.15, 0.2) is 17.3 Å². The van der Waals surface area contributed by atoms with E-state index in [2.05, 4.69) is 33.8 Å². The van der Waals surface area contributed by atoms with Gasteiger partial charge in [0, 0.05) is 17.0 Å². The molecule has 0 bridgehead atoms. The third-order valence-electron chi connectivity index (χ3n) is 5.63. The minimum absolute atomic E-state index is 0.794. The van der Waals surface area contributed by atoms with Crippen LogP contribution in [-0.4, -0.2) is 19.5 Å². The molecular weight excluding hydrogens is 372 g/mol. The molecule has 7 rings (SSSR count). The van der Waals surface area contributed by atoms with Crippen molar-refractivity contribution in [2.45, 2.75) is 0 Å². The van der Waals surface area contributed by atoms with Crippen LogP contribution in [0.15, 0.2) is 85.1 Å². The number of hydrogen-bond donors (Lipinski definition) is 0. The molecule has 3 aromatic heterocycles. The van der Waals surface area contributed by atoms with Gasteiger partial charge in [-0.25, -0.2) is 9.97 Å². The molecule has 4 heterocycles. The van der Waals surface area contributed by atoms with Gasteiger partial charge in [-0.3, -0.25) is 9.55 Å². The number of benzene rings is 3. The molecule has 0 unspecified atom stereocenters. The van der Waals surface area contributed by atoms with E-state index >= 15 is 0 Å². The largest absolute Gasteiger partial charge is 0.453 e. The molecule has 3 aromatic carbocycles. The molecule has 140 valence electrons. The van der Waals surface area contributed by atoms with Gasteiger partial charge in [-0.2, -0.15) is 0 Å². The zero-order valence-corrected chi connectivity index (χ0v) is 15.8. The van der Waals surface area contributed by atoms with Crippen LogP contribution in [0.1, 0.15) is 0 Å². The Labute approximate surface area is 171 Å². The summed E-state index contributed by atoms with van der Waals surface area (Å²) in [5.74, 6) is 2.41. The summed E-state index contributed by atoms with van der Waals surface area (Å²) in [6.07, 6.45) is 1.81. The number of rotatable bonds is 1. The summed E-state index contributed by atoms with van der Waals surface area (Å²) in [6.45, 7) is 0. The number of ether oxygens (including phenoxy) is 1. The highest BCUT2D eigenvalue weighted by atomic mass is 16.5. The Kier molecular flexibility index (Phi) is 2.94. The predicted molar refractivity (Wildman–Crippen MR) is 117 cm³/mol. The van der Waals surface area contributed by atoms with E-state index in [9.17, 15) is 0 Å². The highest BCUT2D eigenvalue weighted by Crippen LogP contribution is 2.43. The second kappa shape index (κ2) is 5.64. The van der Waals surface area contributed by atoms with Gasteiger partial charge >= 0.3 is 0 Å². The standard InChI is InChI=1S/C25H14N4O/c1-2-8-20-19(7-1)29-24-17(6-3-9-21(24)30-20)28-25(29)18-13-12-16-11-10-15-5-4-14-26-22(15)23(16)27-18/h1-14H. The summed E-state index contributed by atoms with van der Waals surface area (Å²) in [5.41, 5.74) is 5.40. The van der Waals surface area contributed by atoms with Crippen LogP contribution < -0.4 is 4.74 Å². The van der Waals surface area contributed by atoms with Crippen molar-refractivity contribution >= 4 is 32.8 Å². The predicted octanol–water partition coefficient (Wildman–Crippen LogP) is 5.89. The fourth-order valence-electron chi connectivity index (χ4n) is 4.28. The molecule has 5 heteroatoms. The number of fused-ring (bicyclic) bond motifs is 5. The molecule has 0 aliphatic carbocycles. The summed E-state index contributed by atoms with van der Waals surface area (Å²) in [5, 5.41) is 2.13. The third kappa shape index (κ3) is 2.03. The lowest BCUT2D eigenvalue weighted by Gasteiger charge is -2.20. The molecule has 0 spiro atoms. The molecule has 5 nitrogen and oxygen atoms in total. The van der Waals surface area contributed by atoms with Crippen LogP contribution in [0.25, 0.3) is 50.0 Å². The van der Waals surface area contributed by atoms with Crippen LogP contribution in [0.2, 0.25) is 0 Å². The van der Waals surface area contributed by atoms with Gasteiger partial charge in [-0.15, -0.1) is 0 Å². The number of hydrogen-bond acceptors (Lipinski definition) is 4. The van der Waals surface area contributed by atoms with Crippen molar-refractivity contribution < 1.29 is 4.74 Å². The molecule has 0 atom stereocenters. The van der Waals surface area contributed by atoms with Gasteiger partial charge in [-0.1, -0.05) is 42.5 Å². The fraction of sp³-hybridized carbons (Fsp3) is 0. The van der Waals surface area contributed by atoms with E-state index in [1.54, 1.807) is 0 Å². The zero-order chi connectivity index (χ0) is 19.7. The summed E-state index contributed by atoms with van der Waals surface area (Å²) in [7, 11) is 0. The molecule has 6 aromatic rings. The molecule has 0 saturated carbocycles. The minimum atomic E-state index is 0.794. The van der Waals surface area contributed by atoms with Crippen LogP contribution >= 0.6 is 0 Å². The summed E-state index contributed by atoms with van der Waals surface area (Å²) in [6, 6.07) is 26.3. The third-order valence-corrected chi connectivity index (χ3v) is 5.63. The van der Waals surface area contributed by atoms with Gasteiger partial charge < -0.3 is 4.74 Å². The quantitative estimate of drug-likeness (QED) is 0.330. The average molecular weight is 386 g/mol. The van der Waals surface area contributed by atoms with Gasteiger partial charge in [0.05, 0.1) is 22.2 Å². The number of nitrogens with zero attached hydrogens (tertiary/aromatic N) is 4. The van der Waals surface area contributed by atoms with Crippen molar-refractivity contribution in [3.8, 4) is 28.7 Å². The molecule has 0 N–H and O–H groups in total. The fourth-order valence-corrected chi connectivity index (χ4v) is 4.28. The first-order valence-corrected chi connectivity index (χ1v) is 9.80. The first kappa shape index (κ1) is 15.6. The molecule has 0 saturated heterocycles. The highest BCUT2D eigenvalue weighted by molar-refractivity contribution is 6.03. The lowest BCUT2D eigenvalue weighted by molar-refractivity contribution is 0.476. The summed E-state index contributed by atoms with van der Waals surface area (Å²) in [4.78, 5) is 14.5. The van der Waals surface area contributed by atoms with Crippen molar-refractivity contribution in [3.05, 3.63) is 85.1 Å². The van der Waals surface area contributed by atoms with E-state index in [-0.39, 0.29) is 0 Å². The maximum Gasteiger partial charge on any atom is 0.164 e. The molecule has 0 radical (unpaired) electrons. The molecule has 0 amide bonds. The SMILES string of the molecule is c1ccc2c(c1)Oc1cccc3nc(-c4ccc5ccc6cccnc6c5n4)n-2c13. The molecule has 0 fully saturated rings. The zero-order valence-electron chi connectivity index (χ0n) is 15.8. The molecule has 1 aliphatic rings. The Morgan fingerprint density at radius 2 is 1.50 bits per heavy atom. The monoisotopic (exact) mass is 386 g/mol. The lowest BCUT2D eigenvalue weighted by Crippen LogP contribution is -2.06. The normalized spacial score (nSPS) is 12.3. The molecular formula is C25H14N4O. The Morgan fingerprint density at radius 1 is 0.667 bits per heavy atom. The van der Waals surface area contributed by atoms with Crippen LogP contribution in [-0.2, 0) is 0 Å². The maximum atomic E-state index is 6.14. The van der Waals surface area contributed by atoms with Crippen molar-refractivity contribution in [1.29, 1.82) is 0 Å². The van der Waals surface area contributed by atoms with E-state index < -0.39 is 0 Å². The summed E-state index contributed by atoms with van der Waals surface area (Å²) >= 11 is 0. The lowest BCUT2D eigenvalue weighted by atomic mass is 10.1. The van der Waals surface area contributed by atoms with Gasteiger partial charge in [0.2, 0.25) is 0 Å². The van der Waals surface area contributed by atoms with E-state index in [4.69, 9.17) is 14.7 Å². The van der Waals surface area contributed by atoms with E-state index in [0.29, 0.717) is 0 Å². The number of para-hydroxylation sites is 3. The van der Waals surface area contributed by atoms with Crippen LogP contribution in [0, 0.1) is 0 Å². The number of aromatic nitrogens is 4. The van der Waals surface area contributed by atoms with Crippen LogP contribution in [0.4, 0.5) is 0 Å². The van der Waals surface area contributed by atoms with Crippen molar-refractivity contribution in [1.82, 2.24) is 19.5 Å². The second-order valence-electron chi connectivity index (χ2n) is 7.37. The molecule has 30 heavy (non-hydrogen) atoms. The van der Waals surface area contributed by atoms with E-state index in [1.807, 2.05) is 60.8 Å². The maximum absolute atomic E-state index is 6.14. The van der Waals surface area contributed by atoms with Crippen molar-refractivity contribution in [3.63, 3.8) is 0 Å². The van der Waals surface area contributed by atoms with Crippen LogP contribution in [0.5, 0.6) is 11.5 Å². The molecule has 1 aliphatic heterocycles. The number of pyridine rings is 2. The van der Waals surface area contributed by atoms with Crippen molar-refractivity contribution in [2.75, 3.05) is 0 Å². The van der Waals surface area contributed by atoms with Crippen LogP contribution in [0.3, 0.4) is 0 Å². The van der Waals surface area contributed by atoms with E-state index in [1.165, 1.54) is 0 Å². The smallest absolute Gasteiger partial charge is 0.164 e. The first-order valence-electron chi connectivity index (χ1n) is 9.80. The Bertz CT molecular complexity index is 1630. The van der Waals surface area contributed by atoms with Gasteiger partial charge in [0.1, 0.15) is 11.2 Å². The van der Waals surface area contributed by atoms with Gasteiger partial charge in [-0.05, 0) is 36.4 Å². The Hall–Kier alpha value is -4.25. The second-order valence-corrected chi connectivity index (χ2v) is 7.37. The van der Waals surface area contributed by atoms with Gasteiger partial charge in [0.25, 0.3) is 0 Å². The highest BCUT2D eigenvalue weighted by Gasteiger charge is 2.25. The Morgan fingerprint density at radius 3 is 2.47 bits per heavy atom. The average Bonchev–Trinajstić information content (AvgIpc) is 3.20. The minimum Gasteiger partial charge on any atom is -0.453 e. The topological polar surface area (TPSA) is 52.8 Å². The van der Waals surface area contributed by atoms with Crippen molar-refractivity contribution in [2.24, 2.45) is 0 Å². The van der Waals surface area contributed by atoms with E-state index in [0.717, 1.165) is 61.5 Å². The number of imidazole rings is 1.